The highest BCUT2D eigenvalue weighted by atomic mass is 32.2. The molecule has 156 valence electrons. The first-order chi connectivity index (χ1) is 14.7. The zero-order valence-electron chi connectivity index (χ0n) is 17.3. The van der Waals surface area contributed by atoms with E-state index in [9.17, 15) is 4.79 Å². The largest absolute Gasteiger partial charge is 0.287 e. The smallest absolute Gasteiger partial charge is 0.191 e. The SMILES string of the molecule is CC(CCc1ccccc1)C(=O)SCCC(Sc1ccccc1)Sc1ccccc1. The van der Waals surface area contributed by atoms with Crippen LogP contribution in [0, 0.1) is 5.92 Å². The lowest BCUT2D eigenvalue weighted by atomic mass is 10.0. The molecular formula is C26H28OS3. The third-order valence-electron chi connectivity index (χ3n) is 4.73. The number of hydrogen-bond acceptors (Lipinski definition) is 4. The molecule has 3 rings (SSSR count). The molecule has 3 aromatic carbocycles. The minimum Gasteiger partial charge on any atom is -0.287 e. The van der Waals surface area contributed by atoms with Gasteiger partial charge in [0.2, 0.25) is 0 Å². The predicted molar refractivity (Wildman–Crippen MR) is 134 cm³/mol. The number of aryl methyl sites for hydroxylation is 1. The van der Waals surface area contributed by atoms with Crippen LogP contribution in [0.3, 0.4) is 0 Å². The number of thioether (sulfide) groups is 3. The Kier molecular flexibility index (Phi) is 9.94. The van der Waals surface area contributed by atoms with Gasteiger partial charge in [0, 0.05) is 21.5 Å². The maximum absolute atomic E-state index is 12.6. The first-order valence-corrected chi connectivity index (χ1v) is 13.1. The van der Waals surface area contributed by atoms with E-state index in [0.717, 1.165) is 25.0 Å². The Morgan fingerprint density at radius 3 is 1.77 bits per heavy atom. The Morgan fingerprint density at radius 1 is 0.733 bits per heavy atom. The molecule has 0 heterocycles. The van der Waals surface area contributed by atoms with E-state index in [1.54, 1.807) is 0 Å². The molecule has 0 saturated heterocycles. The van der Waals surface area contributed by atoms with Crippen LogP contribution in [0.25, 0.3) is 0 Å². The molecule has 30 heavy (non-hydrogen) atoms. The molecule has 0 amide bonds. The van der Waals surface area contributed by atoms with Gasteiger partial charge in [-0.2, -0.15) is 0 Å². The van der Waals surface area contributed by atoms with E-state index in [0.29, 0.717) is 9.70 Å². The van der Waals surface area contributed by atoms with Crippen LogP contribution in [0.1, 0.15) is 25.3 Å². The molecule has 0 spiro atoms. The summed E-state index contributed by atoms with van der Waals surface area (Å²) < 4.78 is 0.384. The summed E-state index contributed by atoms with van der Waals surface area (Å²) in [4.78, 5) is 15.2. The molecule has 0 aliphatic carbocycles. The van der Waals surface area contributed by atoms with Gasteiger partial charge in [-0.15, -0.1) is 23.5 Å². The monoisotopic (exact) mass is 452 g/mol. The van der Waals surface area contributed by atoms with Gasteiger partial charge in [0.15, 0.2) is 5.12 Å². The van der Waals surface area contributed by atoms with Gasteiger partial charge >= 0.3 is 0 Å². The van der Waals surface area contributed by atoms with E-state index in [-0.39, 0.29) is 5.92 Å². The molecule has 3 aromatic rings. The Balaban J connectivity index is 1.48. The van der Waals surface area contributed by atoms with Crippen molar-refractivity contribution in [2.75, 3.05) is 5.75 Å². The van der Waals surface area contributed by atoms with E-state index in [4.69, 9.17) is 0 Å². The van der Waals surface area contributed by atoms with Crippen LogP contribution >= 0.6 is 35.3 Å². The molecule has 0 aliphatic heterocycles. The van der Waals surface area contributed by atoms with E-state index in [1.165, 1.54) is 27.1 Å². The predicted octanol–water partition coefficient (Wildman–Crippen LogP) is 7.82. The van der Waals surface area contributed by atoms with Crippen LogP contribution in [0.5, 0.6) is 0 Å². The van der Waals surface area contributed by atoms with Crippen molar-refractivity contribution in [1.82, 2.24) is 0 Å². The van der Waals surface area contributed by atoms with Crippen molar-refractivity contribution in [3.8, 4) is 0 Å². The summed E-state index contributed by atoms with van der Waals surface area (Å²) in [6.07, 6.45) is 2.86. The molecule has 1 nitrogen and oxygen atoms in total. The van der Waals surface area contributed by atoms with Crippen LogP contribution in [-0.2, 0) is 11.2 Å². The summed E-state index contributed by atoms with van der Waals surface area (Å²) in [5.41, 5.74) is 1.31. The highest BCUT2D eigenvalue weighted by molar-refractivity contribution is 8.17. The molecule has 0 radical (unpaired) electrons. The topological polar surface area (TPSA) is 17.1 Å². The Bertz CT molecular complexity index is 827. The Labute approximate surface area is 193 Å². The number of carbonyl (C=O) groups excluding carboxylic acids is 1. The zero-order chi connectivity index (χ0) is 21.0. The van der Waals surface area contributed by atoms with Crippen molar-refractivity contribution in [3.63, 3.8) is 0 Å². The minimum atomic E-state index is 0.0946. The summed E-state index contributed by atoms with van der Waals surface area (Å²) in [5, 5.41) is 0.319. The zero-order valence-corrected chi connectivity index (χ0v) is 19.7. The van der Waals surface area contributed by atoms with Crippen molar-refractivity contribution < 1.29 is 4.79 Å². The van der Waals surface area contributed by atoms with Gasteiger partial charge < -0.3 is 0 Å². The number of rotatable bonds is 11. The quantitative estimate of drug-likeness (QED) is 0.218. The van der Waals surface area contributed by atoms with Crippen molar-refractivity contribution in [1.29, 1.82) is 0 Å². The number of carbonyl (C=O) groups is 1. The lowest BCUT2D eigenvalue weighted by Gasteiger charge is -2.17. The van der Waals surface area contributed by atoms with Crippen LogP contribution in [-0.4, -0.2) is 15.5 Å². The van der Waals surface area contributed by atoms with E-state index < -0.39 is 0 Å². The van der Waals surface area contributed by atoms with Gasteiger partial charge in [0.05, 0.1) is 4.58 Å². The van der Waals surface area contributed by atoms with Gasteiger partial charge in [-0.1, -0.05) is 85.4 Å². The van der Waals surface area contributed by atoms with Gasteiger partial charge in [0.25, 0.3) is 0 Å². The molecule has 0 bridgehead atoms. The summed E-state index contributed by atoms with van der Waals surface area (Å²) in [5.74, 6) is 0.955. The molecule has 0 N–H and O–H groups in total. The van der Waals surface area contributed by atoms with Gasteiger partial charge in [-0.3, -0.25) is 4.79 Å². The Hall–Kier alpha value is -1.62. The molecule has 4 heteroatoms. The molecule has 1 unspecified atom stereocenters. The number of hydrogen-bond donors (Lipinski definition) is 0. The average molecular weight is 453 g/mol. The van der Waals surface area contributed by atoms with Crippen LogP contribution in [0.4, 0.5) is 0 Å². The van der Waals surface area contributed by atoms with Crippen molar-refractivity contribution >= 4 is 40.4 Å². The molecule has 0 fully saturated rings. The maximum Gasteiger partial charge on any atom is 0.191 e. The Morgan fingerprint density at radius 2 is 1.23 bits per heavy atom. The highest BCUT2D eigenvalue weighted by Crippen LogP contribution is 2.38. The third-order valence-corrected chi connectivity index (χ3v) is 8.52. The van der Waals surface area contributed by atoms with E-state index >= 15 is 0 Å². The summed E-state index contributed by atoms with van der Waals surface area (Å²) in [6.45, 7) is 2.06. The van der Waals surface area contributed by atoms with Gasteiger partial charge in [0.1, 0.15) is 0 Å². The molecule has 0 saturated carbocycles. The number of benzene rings is 3. The minimum absolute atomic E-state index is 0.0946. The van der Waals surface area contributed by atoms with Crippen LogP contribution in [0.2, 0.25) is 0 Å². The lowest BCUT2D eigenvalue weighted by molar-refractivity contribution is -0.114. The average Bonchev–Trinajstić information content (AvgIpc) is 2.79. The fourth-order valence-electron chi connectivity index (χ4n) is 2.99. The highest BCUT2D eigenvalue weighted by Gasteiger charge is 2.17. The van der Waals surface area contributed by atoms with Crippen LogP contribution in [0.15, 0.2) is 101 Å². The standard InChI is InChI=1S/C26H28OS3/c1-21(17-18-22-11-5-2-6-12-22)26(27)28-20-19-25(29-23-13-7-3-8-14-23)30-24-15-9-4-10-16-24/h2-16,21,25H,17-20H2,1H3. The molecular weight excluding hydrogens is 424 g/mol. The normalized spacial score (nSPS) is 12.1. The summed E-state index contributed by atoms with van der Waals surface area (Å²) in [7, 11) is 0. The first kappa shape index (κ1) is 23.1. The van der Waals surface area contributed by atoms with Crippen molar-refractivity contribution in [2.24, 2.45) is 5.92 Å². The second-order valence-corrected chi connectivity index (χ2v) is 11.1. The van der Waals surface area contributed by atoms with E-state index in [1.807, 2.05) is 29.6 Å². The van der Waals surface area contributed by atoms with Crippen molar-refractivity contribution in [3.05, 3.63) is 96.6 Å². The molecule has 0 aromatic heterocycles. The second kappa shape index (κ2) is 12.9. The summed E-state index contributed by atoms with van der Waals surface area (Å²) >= 11 is 5.28. The van der Waals surface area contributed by atoms with Gasteiger partial charge in [-0.05, 0) is 49.1 Å². The van der Waals surface area contributed by atoms with Crippen molar-refractivity contribution in [2.45, 2.75) is 40.6 Å². The van der Waals surface area contributed by atoms with E-state index in [2.05, 4.69) is 91.9 Å². The molecule has 0 aliphatic rings. The molecule has 1 atom stereocenters. The maximum atomic E-state index is 12.6. The fourth-order valence-corrected chi connectivity index (χ4v) is 6.81. The lowest BCUT2D eigenvalue weighted by Crippen LogP contribution is -2.10. The fraction of sp³-hybridized carbons (Fsp3) is 0.269. The second-order valence-electron chi connectivity index (χ2n) is 7.17. The third kappa shape index (κ3) is 8.25. The first-order valence-electron chi connectivity index (χ1n) is 10.3. The van der Waals surface area contributed by atoms with Gasteiger partial charge in [-0.25, -0.2) is 0 Å². The summed E-state index contributed by atoms with van der Waals surface area (Å²) in [6, 6.07) is 31.5. The van der Waals surface area contributed by atoms with Crippen LogP contribution < -0.4 is 0 Å².